The SMILES string of the molecule is CC1(O)CCN(C(=O)c2ccc(-n3cnnn3)cc2)CC1. The van der Waals surface area contributed by atoms with Crippen LogP contribution in [-0.4, -0.2) is 54.8 Å². The molecule has 1 aliphatic heterocycles. The van der Waals surface area contributed by atoms with Crippen LogP contribution >= 0.6 is 0 Å². The third kappa shape index (κ3) is 2.92. The van der Waals surface area contributed by atoms with Crippen LogP contribution in [0.2, 0.25) is 0 Å². The number of tetrazole rings is 1. The molecule has 0 aliphatic carbocycles. The maximum atomic E-state index is 12.4. The first kappa shape index (κ1) is 13.7. The highest BCUT2D eigenvalue weighted by molar-refractivity contribution is 5.94. The van der Waals surface area contributed by atoms with Gasteiger partial charge >= 0.3 is 0 Å². The number of hydrogen-bond acceptors (Lipinski definition) is 5. The molecule has 0 atom stereocenters. The summed E-state index contributed by atoms with van der Waals surface area (Å²) in [5, 5.41) is 20.9. The smallest absolute Gasteiger partial charge is 0.253 e. The molecule has 7 heteroatoms. The minimum atomic E-state index is -0.652. The number of aromatic nitrogens is 4. The third-order valence-electron chi connectivity index (χ3n) is 3.86. The Morgan fingerprint density at radius 1 is 1.24 bits per heavy atom. The van der Waals surface area contributed by atoms with Crippen LogP contribution in [0.5, 0.6) is 0 Å². The van der Waals surface area contributed by atoms with Gasteiger partial charge in [0.1, 0.15) is 6.33 Å². The van der Waals surface area contributed by atoms with Crippen LogP contribution in [0, 0.1) is 0 Å². The Bertz CT molecular complexity index is 611. The number of piperidine rings is 1. The van der Waals surface area contributed by atoms with Crippen molar-refractivity contribution in [3.05, 3.63) is 36.2 Å². The van der Waals surface area contributed by atoms with Crippen molar-refractivity contribution in [1.82, 2.24) is 25.1 Å². The van der Waals surface area contributed by atoms with Crippen molar-refractivity contribution in [2.75, 3.05) is 13.1 Å². The number of aliphatic hydroxyl groups is 1. The molecule has 1 aromatic heterocycles. The van der Waals surface area contributed by atoms with Crippen LogP contribution in [0.4, 0.5) is 0 Å². The van der Waals surface area contributed by atoms with Crippen molar-refractivity contribution in [3.8, 4) is 5.69 Å². The van der Waals surface area contributed by atoms with E-state index >= 15 is 0 Å². The van der Waals surface area contributed by atoms with Gasteiger partial charge in [0, 0.05) is 18.7 Å². The Balaban J connectivity index is 1.71. The average Bonchev–Trinajstić information content (AvgIpc) is 3.01. The molecule has 7 nitrogen and oxygen atoms in total. The van der Waals surface area contributed by atoms with Gasteiger partial charge in [0.15, 0.2) is 0 Å². The Morgan fingerprint density at radius 2 is 1.90 bits per heavy atom. The van der Waals surface area contributed by atoms with E-state index in [1.54, 1.807) is 17.0 Å². The molecule has 0 saturated carbocycles. The van der Waals surface area contributed by atoms with Crippen LogP contribution in [0.1, 0.15) is 30.1 Å². The number of rotatable bonds is 2. The highest BCUT2D eigenvalue weighted by atomic mass is 16.3. The van der Waals surface area contributed by atoms with Crippen molar-refractivity contribution in [2.45, 2.75) is 25.4 Å². The summed E-state index contributed by atoms with van der Waals surface area (Å²) in [6.07, 6.45) is 2.73. The van der Waals surface area contributed by atoms with Crippen molar-refractivity contribution in [1.29, 1.82) is 0 Å². The summed E-state index contributed by atoms with van der Waals surface area (Å²) in [5.74, 6) is -0.00577. The largest absolute Gasteiger partial charge is 0.390 e. The first-order valence-corrected chi connectivity index (χ1v) is 6.90. The van der Waals surface area contributed by atoms with Gasteiger partial charge in [-0.2, -0.15) is 0 Å². The van der Waals surface area contributed by atoms with E-state index in [-0.39, 0.29) is 5.91 Å². The standard InChI is InChI=1S/C14H17N5O2/c1-14(21)6-8-18(9-7-14)13(20)11-2-4-12(5-3-11)19-10-15-16-17-19/h2-5,10,21H,6-9H2,1H3. The molecule has 2 aromatic rings. The molecule has 1 N–H and O–H groups in total. The van der Waals surface area contributed by atoms with Gasteiger partial charge in [-0.1, -0.05) is 0 Å². The van der Waals surface area contributed by atoms with Crippen molar-refractivity contribution in [2.24, 2.45) is 0 Å². The van der Waals surface area contributed by atoms with E-state index in [1.165, 1.54) is 11.0 Å². The van der Waals surface area contributed by atoms with E-state index in [1.807, 2.05) is 19.1 Å². The zero-order valence-electron chi connectivity index (χ0n) is 11.8. The summed E-state index contributed by atoms with van der Waals surface area (Å²) >= 11 is 0. The second-order valence-electron chi connectivity index (χ2n) is 5.59. The maximum absolute atomic E-state index is 12.4. The van der Waals surface area contributed by atoms with E-state index in [4.69, 9.17) is 0 Å². The molecule has 3 rings (SSSR count). The topological polar surface area (TPSA) is 84.1 Å². The average molecular weight is 287 g/mol. The van der Waals surface area contributed by atoms with Gasteiger partial charge in [-0.15, -0.1) is 5.10 Å². The molecule has 1 amide bonds. The second kappa shape index (κ2) is 5.25. The zero-order chi connectivity index (χ0) is 14.9. The lowest BCUT2D eigenvalue weighted by molar-refractivity contribution is -0.00202. The normalized spacial score (nSPS) is 17.7. The summed E-state index contributed by atoms with van der Waals surface area (Å²) in [7, 11) is 0. The Hall–Kier alpha value is -2.28. The lowest BCUT2D eigenvalue weighted by atomic mass is 9.93. The van der Waals surface area contributed by atoms with Gasteiger partial charge < -0.3 is 10.0 Å². The first-order chi connectivity index (χ1) is 10.1. The number of nitrogens with zero attached hydrogens (tertiary/aromatic N) is 5. The summed E-state index contributed by atoms with van der Waals surface area (Å²) in [6.45, 7) is 2.98. The second-order valence-corrected chi connectivity index (χ2v) is 5.59. The molecule has 0 bridgehead atoms. The predicted octanol–water partition coefficient (Wildman–Crippen LogP) is 0.649. The summed E-state index contributed by atoms with van der Waals surface area (Å²) in [6, 6.07) is 7.16. The van der Waals surface area contributed by atoms with E-state index in [9.17, 15) is 9.90 Å². The van der Waals surface area contributed by atoms with Gasteiger partial charge in [-0.25, -0.2) is 4.68 Å². The highest BCUT2D eigenvalue weighted by Gasteiger charge is 2.29. The van der Waals surface area contributed by atoms with Crippen molar-refractivity contribution < 1.29 is 9.90 Å². The molecule has 1 saturated heterocycles. The summed E-state index contributed by atoms with van der Waals surface area (Å²) in [4.78, 5) is 14.2. The monoisotopic (exact) mass is 287 g/mol. The van der Waals surface area contributed by atoms with Gasteiger partial charge in [0.25, 0.3) is 5.91 Å². The third-order valence-corrected chi connectivity index (χ3v) is 3.86. The van der Waals surface area contributed by atoms with Crippen molar-refractivity contribution in [3.63, 3.8) is 0 Å². The van der Waals surface area contributed by atoms with E-state index < -0.39 is 5.60 Å². The summed E-state index contributed by atoms with van der Waals surface area (Å²) < 4.78 is 1.53. The molecule has 0 unspecified atom stereocenters. The lowest BCUT2D eigenvalue weighted by Gasteiger charge is -2.35. The van der Waals surface area contributed by atoms with Gasteiger partial charge in [0.2, 0.25) is 0 Å². The first-order valence-electron chi connectivity index (χ1n) is 6.90. The van der Waals surface area contributed by atoms with Crippen LogP contribution in [0.3, 0.4) is 0 Å². The molecule has 1 aromatic carbocycles. The highest BCUT2D eigenvalue weighted by Crippen LogP contribution is 2.22. The molecule has 0 radical (unpaired) electrons. The van der Waals surface area contributed by atoms with Crippen LogP contribution in [-0.2, 0) is 0 Å². The quantitative estimate of drug-likeness (QED) is 0.876. The van der Waals surface area contributed by atoms with Gasteiger partial charge in [-0.05, 0) is 54.5 Å². The molecule has 1 fully saturated rings. The Kier molecular flexibility index (Phi) is 3.42. The molecular weight excluding hydrogens is 270 g/mol. The molecule has 2 heterocycles. The fraction of sp³-hybridized carbons (Fsp3) is 0.429. The zero-order valence-corrected chi connectivity index (χ0v) is 11.8. The van der Waals surface area contributed by atoms with Gasteiger partial charge in [-0.3, -0.25) is 4.79 Å². The number of likely N-dealkylation sites (tertiary alicyclic amines) is 1. The Labute approximate surface area is 122 Å². The number of carbonyl (C=O) groups excluding carboxylic acids is 1. The van der Waals surface area contributed by atoms with Crippen LogP contribution in [0.15, 0.2) is 30.6 Å². The molecule has 1 aliphatic rings. The van der Waals surface area contributed by atoms with E-state index in [0.717, 1.165) is 5.69 Å². The van der Waals surface area contributed by atoms with Crippen LogP contribution in [0.25, 0.3) is 5.69 Å². The summed E-state index contributed by atoms with van der Waals surface area (Å²) in [5.41, 5.74) is 0.785. The minimum Gasteiger partial charge on any atom is -0.390 e. The molecule has 0 spiro atoms. The molecular formula is C14H17N5O2. The maximum Gasteiger partial charge on any atom is 0.253 e. The number of benzene rings is 1. The fourth-order valence-corrected chi connectivity index (χ4v) is 2.41. The number of hydrogen-bond donors (Lipinski definition) is 1. The van der Waals surface area contributed by atoms with Crippen molar-refractivity contribution >= 4 is 5.91 Å². The molecule has 110 valence electrons. The van der Waals surface area contributed by atoms with Gasteiger partial charge in [0.05, 0.1) is 11.3 Å². The number of amides is 1. The lowest BCUT2D eigenvalue weighted by Crippen LogP contribution is -2.45. The Morgan fingerprint density at radius 3 is 2.48 bits per heavy atom. The predicted molar refractivity (Wildman–Crippen MR) is 74.9 cm³/mol. The minimum absolute atomic E-state index is 0.00577. The fourth-order valence-electron chi connectivity index (χ4n) is 2.41. The molecule has 21 heavy (non-hydrogen) atoms. The van der Waals surface area contributed by atoms with E-state index in [2.05, 4.69) is 15.5 Å². The van der Waals surface area contributed by atoms with Crippen LogP contribution < -0.4 is 0 Å². The van der Waals surface area contributed by atoms with E-state index in [0.29, 0.717) is 31.5 Å². The number of carbonyl (C=O) groups is 1.